The SMILES string of the molecule is CC1CCN(CCn2cc(C(=O)NN)nn2)C(C)C1. The summed E-state index contributed by atoms with van der Waals surface area (Å²) >= 11 is 0. The van der Waals surface area contributed by atoms with Gasteiger partial charge in [-0.2, -0.15) is 0 Å². The van der Waals surface area contributed by atoms with Gasteiger partial charge in [0.05, 0.1) is 12.7 Å². The third-order valence-electron chi connectivity index (χ3n) is 3.79. The van der Waals surface area contributed by atoms with Crippen LogP contribution in [0.1, 0.15) is 37.2 Å². The van der Waals surface area contributed by atoms with Crippen LogP contribution in [0.4, 0.5) is 0 Å². The van der Waals surface area contributed by atoms with Crippen LogP contribution in [0.2, 0.25) is 0 Å². The van der Waals surface area contributed by atoms with Crippen LogP contribution in [0.5, 0.6) is 0 Å². The first-order chi connectivity index (χ1) is 9.10. The Balaban J connectivity index is 1.85. The summed E-state index contributed by atoms with van der Waals surface area (Å²) in [4.78, 5) is 13.7. The molecule has 0 aliphatic carbocycles. The molecule has 1 fully saturated rings. The van der Waals surface area contributed by atoms with Crippen molar-refractivity contribution < 1.29 is 4.79 Å². The molecule has 2 rings (SSSR count). The molecule has 2 heterocycles. The third-order valence-corrected chi connectivity index (χ3v) is 3.79. The molecule has 0 radical (unpaired) electrons. The van der Waals surface area contributed by atoms with Gasteiger partial charge in [0, 0.05) is 12.6 Å². The van der Waals surface area contributed by atoms with Gasteiger partial charge >= 0.3 is 0 Å². The minimum absolute atomic E-state index is 0.253. The zero-order valence-electron chi connectivity index (χ0n) is 11.5. The normalized spacial score (nSPS) is 24.4. The second kappa shape index (κ2) is 6.12. The molecule has 0 spiro atoms. The Morgan fingerprint density at radius 3 is 3.00 bits per heavy atom. The van der Waals surface area contributed by atoms with Crippen LogP contribution in [0, 0.1) is 5.92 Å². The minimum atomic E-state index is -0.411. The maximum Gasteiger partial charge on any atom is 0.287 e. The number of nitrogens with zero attached hydrogens (tertiary/aromatic N) is 4. The lowest BCUT2D eigenvalue weighted by atomic mass is 9.93. The topological polar surface area (TPSA) is 89.1 Å². The van der Waals surface area contributed by atoms with Crippen molar-refractivity contribution >= 4 is 5.91 Å². The van der Waals surface area contributed by atoms with Gasteiger partial charge in [-0.15, -0.1) is 5.10 Å². The van der Waals surface area contributed by atoms with Gasteiger partial charge in [0.2, 0.25) is 0 Å². The average molecular weight is 266 g/mol. The molecule has 0 saturated carbocycles. The largest absolute Gasteiger partial charge is 0.299 e. The van der Waals surface area contributed by atoms with Crippen LogP contribution in [-0.2, 0) is 6.54 Å². The number of hydrogen-bond acceptors (Lipinski definition) is 5. The fourth-order valence-corrected chi connectivity index (χ4v) is 2.60. The van der Waals surface area contributed by atoms with E-state index in [1.165, 1.54) is 12.8 Å². The van der Waals surface area contributed by atoms with Gasteiger partial charge in [0.15, 0.2) is 5.69 Å². The van der Waals surface area contributed by atoms with Crippen molar-refractivity contribution in [2.45, 2.75) is 39.3 Å². The Morgan fingerprint density at radius 2 is 2.32 bits per heavy atom. The second-order valence-electron chi connectivity index (χ2n) is 5.35. The second-order valence-corrected chi connectivity index (χ2v) is 5.35. The molecule has 3 N–H and O–H groups in total. The zero-order valence-corrected chi connectivity index (χ0v) is 11.5. The van der Waals surface area contributed by atoms with Crippen molar-refractivity contribution in [3.05, 3.63) is 11.9 Å². The Kier molecular flexibility index (Phi) is 4.49. The number of carbonyl (C=O) groups is 1. The van der Waals surface area contributed by atoms with Crippen molar-refractivity contribution in [2.24, 2.45) is 11.8 Å². The summed E-state index contributed by atoms with van der Waals surface area (Å²) in [5, 5.41) is 7.72. The van der Waals surface area contributed by atoms with Crippen LogP contribution >= 0.6 is 0 Å². The predicted octanol–water partition coefficient (Wildman–Crippen LogP) is 0.00200. The molecule has 0 aromatic carbocycles. The number of rotatable bonds is 4. The van der Waals surface area contributed by atoms with Crippen LogP contribution in [0.3, 0.4) is 0 Å². The van der Waals surface area contributed by atoms with E-state index in [2.05, 4.69) is 29.1 Å². The first-order valence-electron chi connectivity index (χ1n) is 6.75. The summed E-state index contributed by atoms with van der Waals surface area (Å²) in [7, 11) is 0. The highest BCUT2D eigenvalue weighted by molar-refractivity contribution is 5.91. The number of hydrogen-bond donors (Lipinski definition) is 2. The number of nitrogens with one attached hydrogen (secondary N) is 1. The van der Waals surface area contributed by atoms with Crippen molar-refractivity contribution in [3.8, 4) is 0 Å². The van der Waals surface area contributed by atoms with Crippen molar-refractivity contribution in [1.29, 1.82) is 0 Å². The van der Waals surface area contributed by atoms with Gasteiger partial charge in [0.1, 0.15) is 0 Å². The molecule has 1 aliphatic rings. The van der Waals surface area contributed by atoms with Gasteiger partial charge in [-0.05, 0) is 32.2 Å². The highest BCUT2D eigenvalue weighted by Gasteiger charge is 2.22. The molecular formula is C12H22N6O. The summed E-state index contributed by atoms with van der Waals surface area (Å²) in [6.45, 7) is 7.38. The minimum Gasteiger partial charge on any atom is -0.299 e. The van der Waals surface area contributed by atoms with E-state index < -0.39 is 5.91 Å². The fourth-order valence-electron chi connectivity index (χ4n) is 2.60. The molecule has 1 aliphatic heterocycles. The van der Waals surface area contributed by atoms with Gasteiger partial charge in [-0.1, -0.05) is 12.1 Å². The van der Waals surface area contributed by atoms with Crippen LogP contribution < -0.4 is 11.3 Å². The number of nitrogens with two attached hydrogens (primary N) is 1. The molecule has 7 heteroatoms. The summed E-state index contributed by atoms with van der Waals surface area (Å²) in [6.07, 6.45) is 4.13. The quantitative estimate of drug-likeness (QED) is 0.455. The van der Waals surface area contributed by atoms with Gasteiger partial charge in [-0.25, -0.2) is 5.84 Å². The van der Waals surface area contributed by atoms with Gasteiger partial charge in [-0.3, -0.25) is 19.8 Å². The molecule has 7 nitrogen and oxygen atoms in total. The molecule has 19 heavy (non-hydrogen) atoms. The van der Waals surface area contributed by atoms with E-state index >= 15 is 0 Å². The molecule has 106 valence electrons. The number of aromatic nitrogens is 3. The standard InChI is InChI=1S/C12H22N6O/c1-9-3-4-17(10(2)7-9)5-6-18-8-11(15-16-18)12(19)14-13/h8-10H,3-7,13H2,1-2H3,(H,14,19). The number of hydrazine groups is 1. The lowest BCUT2D eigenvalue weighted by Gasteiger charge is -2.36. The van der Waals surface area contributed by atoms with Crippen molar-refractivity contribution in [3.63, 3.8) is 0 Å². The number of piperidine rings is 1. The third kappa shape index (κ3) is 3.51. The Morgan fingerprint density at radius 1 is 1.53 bits per heavy atom. The number of amides is 1. The Bertz CT molecular complexity index is 432. The molecule has 1 aromatic rings. The zero-order chi connectivity index (χ0) is 13.8. The molecule has 2 unspecified atom stereocenters. The monoisotopic (exact) mass is 266 g/mol. The molecular weight excluding hydrogens is 244 g/mol. The molecule has 2 atom stereocenters. The Hall–Kier alpha value is -1.47. The van der Waals surface area contributed by atoms with Gasteiger partial charge in [0.25, 0.3) is 5.91 Å². The van der Waals surface area contributed by atoms with Gasteiger partial charge < -0.3 is 0 Å². The maximum absolute atomic E-state index is 11.3. The summed E-state index contributed by atoms with van der Waals surface area (Å²) in [5.74, 6) is 5.46. The van der Waals surface area contributed by atoms with E-state index in [0.717, 1.165) is 25.6 Å². The average Bonchev–Trinajstić information content (AvgIpc) is 2.85. The van der Waals surface area contributed by atoms with Crippen LogP contribution in [0.15, 0.2) is 6.20 Å². The lowest BCUT2D eigenvalue weighted by Crippen LogP contribution is -2.41. The number of carbonyl (C=O) groups excluding carboxylic acids is 1. The van der Waals surface area contributed by atoms with E-state index in [-0.39, 0.29) is 5.69 Å². The van der Waals surface area contributed by atoms with E-state index in [0.29, 0.717) is 6.04 Å². The van der Waals surface area contributed by atoms with E-state index in [4.69, 9.17) is 5.84 Å². The van der Waals surface area contributed by atoms with E-state index in [9.17, 15) is 4.79 Å². The molecule has 0 bridgehead atoms. The maximum atomic E-state index is 11.3. The van der Waals surface area contributed by atoms with Crippen molar-refractivity contribution in [2.75, 3.05) is 13.1 Å². The Labute approximate surface area is 113 Å². The molecule has 1 amide bonds. The van der Waals surface area contributed by atoms with Crippen molar-refractivity contribution in [1.82, 2.24) is 25.3 Å². The van der Waals surface area contributed by atoms with E-state index in [1.807, 2.05) is 5.43 Å². The lowest BCUT2D eigenvalue weighted by molar-refractivity contribution is 0.0948. The smallest absolute Gasteiger partial charge is 0.287 e. The first kappa shape index (κ1) is 14.0. The fraction of sp³-hybridized carbons (Fsp3) is 0.750. The summed E-state index contributed by atoms with van der Waals surface area (Å²) in [6, 6.07) is 0.610. The molecule has 1 aromatic heterocycles. The number of likely N-dealkylation sites (tertiary alicyclic amines) is 1. The predicted molar refractivity (Wildman–Crippen MR) is 71.1 cm³/mol. The van der Waals surface area contributed by atoms with Crippen LogP contribution in [-0.4, -0.2) is 44.9 Å². The highest BCUT2D eigenvalue weighted by Crippen LogP contribution is 2.21. The molecule has 1 saturated heterocycles. The van der Waals surface area contributed by atoms with E-state index in [1.54, 1.807) is 10.9 Å². The van der Waals surface area contributed by atoms with Crippen LogP contribution in [0.25, 0.3) is 0 Å². The number of nitrogen functional groups attached to an aromatic ring is 1. The summed E-state index contributed by atoms with van der Waals surface area (Å²) < 4.78 is 1.69. The summed E-state index contributed by atoms with van der Waals surface area (Å²) in [5.41, 5.74) is 2.30. The highest BCUT2D eigenvalue weighted by atomic mass is 16.2. The first-order valence-corrected chi connectivity index (χ1v) is 6.75.